The van der Waals surface area contributed by atoms with Crippen molar-refractivity contribution in [2.24, 2.45) is 5.10 Å². The van der Waals surface area contributed by atoms with E-state index in [1.807, 2.05) is 12.1 Å². The fraction of sp³-hybridized carbons (Fsp3) is 0.296. The molecule has 1 aliphatic carbocycles. The zero-order valence-electron chi connectivity index (χ0n) is 17.4. The lowest BCUT2D eigenvalue weighted by Gasteiger charge is -2.50. The Morgan fingerprint density at radius 2 is 1.58 bits per heavy atom. The molecule has 1 saturated carbocycles. The van der Waals surface area contributed by atoms with Gasteiger partial charge in [-0.15, -0.1) is 0 Å². The molecule has 1 atom stereocenters. The number of para-hydroxylation sites is 1. The Balaban J connectivity index is 1.35. The van der Waals surface area contributed by atoms with E-state index in [2.05, 4.69) is 71.7 Å². The second kappa shape index (κ2) is 7.42. The molecule has 0 amide bonds. The second-order valence-corrected chi connectivity index (χ2v) is 9.33. The molecule has 3 aliphatic rings. The number of benzene rings is 3. The van der Waals surface area contributed by atoms with E-state index in [0.717, 1.165) is 54.2 Å². The average Bonchev–Trinajstić information content (AvgIpc) is 3.28. The van der Waals surface area contributed by atoms with Crippen LogP contribution in [0.5, 0.6) is 5.75 Å². The fourth-order valence-corrected chi connectivity index (χ4v) is 5.63. The van der Waals surface area contributed by atoms with Crippen molar-refractivity contribution in [1.29, 1.82) is 0 Å². The summed E-state index contributed by atoms with van der Waals surface area (Å²) in [5, 5.41) is 8.21. The molecule has 3 nitrogen and oxygen atoms in total. The van der Waals surface area contributed by atoms with E-state index in [0.29, 0.717) is 5.92 Å². The quantitative estimate of drug-likeness (QED) is 0.441. The van der Waals surface area contributed by atoms with Gasteiger partial charge < -0.3 is 4.74 Å². The minimum absolute atomic E-state index is 0.226. The van der Waals surface area contributed by atoms with Crippen molar-refractivity contribution in [2.75, 3.05) is 0 Å². The first-order valence-corrected chi connectivity index (χ1v) is 11.6. The van der Waals surface area contributed by atoms with Crippen LogP contribution in [0, 0.1) is 0 Å². The Bertz CT molecular complexity index is 1120. The summed E-state index contributed by atoms with van der Waals surface area (Å²) in [6.45, 7) is 0. The predicted molar refractivity (Wildman–Crippen MR) is 125 cm³/mol. The summed E-state index contributed by atoms with van der Waals surface area (Å²) in [5.74, 6) is 1.61. The normalized spacial score (nSPS) is 26.7. The van der Waals surface area contributed by atoms with E-state index < -0.39 is 0 Å². The zero-order valence-corrected chi connectivity index (χ0v) is 18.1. The number of hydrogen-bond acceptors (Lipinski definition) is 3. The molecule has 0 aromatic heterocycles. The monoisotopic (exact) mass is 428 g/mol. The number of rotatable bonds is 2. The third kappa shape index (κ3) is 3.23. The Kier molecular flexibility index (Phi) is 4.53. The van der Waals surface area contributed by atoms with Gasteiger partial charge in [0.2, 0.25) is 0 Å². The van der Waals surface area contributed by atoms with E-state index in [4.69, 9.17) is 21.4 Å². The van der Waals surface area contributed by atoms with Crippen molar-refractivity contribution in [1.82, 2.24) is 5.01 Å². The third-order valence-corrected chi connectivity index (χ3v) is 7.37. The van der Waals surface area contributed by atoms with Crippen LogP contribution < -0.4 is 4.74 Å². The molecule has 1 spiro atoms. The van der Waals surface area contributed by atoms with Gasteiger partial charge in [0.25, 0.3) is 0 Å². The zero-order chi connectivity index (χ0) is 20.8. The lowest BCUT2D eigenvalue weighted by Crippen LogP contribution is -2.55. The molecular weight excluding hydrogens is 404 g/mol. The predicted octanol–water partition coefficient (Wildman–Crippen LogP) is 6.94. The molecule has 156 valence electrons. The van der Waals surface area contributed by atoms with Gasteiger partial charge in [-0.05, 0) is 48.1 Å². The van der Waals surface area contributed by atoms with Crippen LogP contribution in [-0.4, -0.2) is 16.4 Å². The van der Waals surface area contributed by atoms with Gasteiger partial charge in [0, 0.05) is 29.8 Å². The Morgan fingerprint density at radius 3 is 2.35 bits per heavy atom. The molecule has 0 bridgehead atoms. The average molecular weight is 429 g/mol. The number of ether oxygens (including phenoxy) is 1. The maximum atomic E-state index is 6.76. The minimum atomic E-state index is -0.363. The number of hydrogen-bond donors (Lipinski definition) is 0. The van der Waals surface area contributed by atoms with Gasteiger partial charge in [-0.1, -0.05) is 72.3 Å². The SMILES string of the molecule is Clc1ccc(C2=NN3[C@@H](C2)c2ccccc2OC32CCC(c3ccccc3)CC2)cc1. The van der Waals surface area contributed by atoms with Gasteiger partial charge in [0.15, 0.2) is 5.72 Å². The molecule has 31 heavy (non-hydrogen) atoms. The largest absolute Gasteiger partial charge is 0.466 e. The molecule has 2 aliphatic heterocycles. The highest BCUT2D eigenvalue weighted by Crippen LogP contribution is 2.52. The van der Waals surface area contributed by atoms with Crippen molar-refractivity contribution >= 4 is 17.3 Å². The molecule has 4 heteroatoms. The number of halogens is 1. The Hall–Kier alpha value is -2.78. The van der Waals surface area contributed by atoms with Gasteiger partial charge in [0.1, 0.15) is 5.75 Å². The van der Waals surface area contributed by atoms with Gasteiger partial charge >= 0.3 is 0 Å². The summed E-state index contributed by atoms with van der Waals surface area (Å²) in [4.78, 5) is 0. The van der Waals surface area contributed by atoms with Crippen LogP contribution in [0.15, 0.2) is 84.0 Å². The molecule has 3 aromatic carbocycles. The molecule has 0 saturated heterocycles. The minimum Gasteiger partial charge on any atom is -0.466 e. The third-order valence-electron chi connectivity index (χ3n) is 7.12. The number of nitrogens with zero attached hydrogens (tertiary/aromatic N) is 2. The first-order chi connectivity index (χ1) is 15.2. The van der Waals surface area contributed by atoms with Gasteiger partial charge in [-0.2, -0.15) is 5.10 Å². The Labute approximate surface area is 188 Å². The van der Waals surface area contributed by atoms with Crippen molar-refractivity contribution < 1.29 is 4.74 Å². The molecule has 0 unspecified atom stereocenters. The summed E-state index contributed by atoms with van der Waals surface area (Å²) in [5.41, 5.74) is 4.58. The standard InChI is InChI=1S/C27H25ClN2O/c28-22-12-10-21(11-13-22)24-18-25-23-8-4-5-9-26(23)31-27(30(25)29-24)16-14-20(15-17-27)19-6-2-1-3-7-19/h1-13,20,25H,14-18H2/t20?,25-,27?/m0/s1. The van der Waals surface area contributed by atoms with Crippen LogP contribution in [-0.2, 0) is 0 Å². The molecule has 3 aromatic rings. The lowest BCUT2D eigenvalue weighted by molar-refractivity contribution is -0.142. The molecular formula is C27H25ClN2O. The number of fused-ring (bicyclic) bond motifs is 4. The van der Waals surface area contributed by atoms with Crippen LogP contribution in [0.25, 0.3) is 0 Å². The van der Waals surface area contributed by atoms with Crippen molar-refractivity contribution in [3.63, 3.8) is 0 Å². The van der Waals surface area contributed by atoms with E-state index in [-0.39, 0.29) is 11.8 Å². The summed E-state index contributed by atoms with van der Waals surface area (Å²) in [6.07, 6.45) is 5.08. The topological polar surface area (TPSA) is 24.8 Å². The van der Waals surface area contributed by atoms with Crippen LogP contribution in [0.3, 0.4) is 0 Å². The van der Waals surface area contributed by atoms with Crippen molar-refractivity contribution in [3.05, 3.63) is 101 Å². The van der Waals surface area contributed by atoms with Crippen molar-refractivity contribution in [3.8, 4) is 5.75 Å². The van der Waals surface area contributed by atoms with Gasteiger partial charge in [-0.25, -0.2) is 5.01 Å². The van der Waals surface area contributed by atoms with Crippen molar-refractivity contribution in [2.45, 2.75) is 49.8 Å². The molecule has 2 heterocycles. The maximum Gasteiger partial charge on any atom is 0.198 e. The summed E-state index contributed by atoms with van der Waals surface area (Å²) in [6, 6.07) is 27.7. The molecule has 0 radical (unpaired) electrons. The van der Waals surface area contributed by atoms with Crippen LogP contribution in [0.1, 0.15) is 60.8 Å². The van der Waals surface area contributed by atoms with Crippen LogP contribution >= 0.6 is 11.6 Å². The summed E-state index contributed by atoms with van der Waals surface area (Å²) >= 11 is 6.12. The highest BCUT2D eigenvalue weighted by molar-refractivity contribution is 6.30. The summed E-state index contributed by atoms with van der Waals surface area (Å²) in [7, 11) is 0. The Morgan fingerprint density at radius 1 is 0.871 bits per heavy atom. The smallest absolute Gasteiger partial charge is 0.198 e. The van der Waals surface area contributed by atoms with Crippen LogP contribution in [0.2, 0.25) is 5.02 Å². The van der Waals surface area contributed by atoms with E-state index in [1.165, 1.54) is 11.1 Å². The highest BCUT2D eigenvalue weighted by atomic mass is 35.5. The first kappa shape index (κ1) is 18.9. The van der Waals surface area contributed by atoms with E-state index in [9.17, 15) is 0 Å². The van der Waals surface area contributed by atoms with E-state index >= 15 is 0 Å². The second-order valence-electron chi connectivity index (χ2n) is 8.89. The maximum absolute atomic E-state index is 6.76. The van der Waals surface area contributed by atoms with Gasteiger partial charge in [0.05, 0.1) is 11.8 Å². The number of hydrazone groups is 1. The fourth-order valence-electron chi connectivity index (χ4n) is 5.50. The van der Waals surface area contributed by atoms with E-state index in [1.54, 1.807) is 0 Å². The molecule has 0 N–H and O–H groups in total. The van der Waals surface area contributed by atoms with Gasteiger partial charge in [-0.3, -0.25) is 0 Å². The molecule has 1 fully saturated rings. The lowest BCUT2D eigenvalue weighted by atomic mass is 9.78. The van der Waals surface area contributed by atoms with Crippen LogP contribution in [0.4, 0.5) is 0 Å². The first-order valence-electron chi connectivity index (χ1n) is 11.2. The highest BCUT2D eigenvalue weighted by Gasteiger charge is 2.51. The molecule has 6 rings (SSSR count). The summed E-state index contributed by atoms with van der Waals surface area (Å²) < 4.78 is 6.76.